The van der Waals surface area contributed by atoms with Gasteiger partial charge in [0.15, 0.2) is 0 Å². The van der Waals surface area contributed by atoms with Crippen molar-refractivity contribution in [1.29, 1.82) is 0 Å². The quantitative estimate of drug-likeness (QED) is 0.551. The first-order valence-corrected chi connectivity index (χ1v) is 12.0. The summed E-state index contributed by atoms with van der Waals surface area (Å²) in [6.45, 7) is 5.42. The number of hydrogen-bond acceptors (Lipinski definition) is 7. The van der Waals surface area contributed by atoms with Crippen molar-refractivity contribution in [3.8, 4) is 10.7 Å². The van der Waals surface area contributed by atoms with E-state index in [9.17, 15) is 13.2 Å². The molecule has 1 atom stereocenters. The van der Waals surface area contributed by atoms with E-state index >= 15 is 0 Å². The molecule has 0 aliphatic carbocycles. The Morgan fingerprint density at radius 2 is 1.90 bits per heavy atom. The second-order valence-corrected chi connectivity index (χ2v) is 10.1. The lowest BCUT2D eigenvalue weighted by Crippen LogP contribution is -2.48. The average molecular weight is 449 g/mol. The van der Waals surface area contributed by atoms with Crippen molar-refractivity contribution in [2.75, 3.05) is 17.6 Å². The normalized spacial score (nSPS) is 12.6. The average Bonchev–Trinajstić information content (AvgIpc) is 3.30. The van der Waals surface area contributed by atoms with Crippen molar-refractivity contribution >= 4 is 33.0 Å². The van der Waals surface area contributed by atoms with Crippen LogP contribution in [0.25, 0.3) is 10.7 Å². The first kappa shape index (κ1) is 22.0. The molecule has 0 spiro atoms. The third-order valence-electron chi connectivity index (χ3n) is 4.49. The Kier molecular flexibility index (Phi) is 6.27. The zero-order valence-corrected chi connectivity index (χ0v) is 19.1. The number of sulfonamides is 1. The van der Waals surface area contributed by atoms with Gasteiger partial charge in [-0.15, -0.1) is 11.3 Å². The minimum absolute atomic E-state index is 0.0754. The number of amides is 1. The minimum atomic E-state index is -3.69. The third kappa shape index (κ3) is 4.88. The predicted octanol–water partition coefficient (Wildman–Crippen LogP) is 3.23. The van der Waals surface area contributed by atoms with Gasteiger partial charge in [-0.05, 0) is 55.5 Å². The number of likely N-dealkylation sites (N-methyl/N-ethyl adjacent to an activating group) is 1. The summed E-state index contributed by atoms with van der Waals surface area (Å²) in [7, 11) is -2.11. The molecular weight excluding hydrogens is 424 g/mol. The van der Waals surface area contributed by atoms with Gasteiger partial charge in [0.2, 0.25) is 27.6 Å². The van der Waals surface area contributed by atoms with Gasteiger partial charge in [-0.1, -0.05) is 17.3 Å². The second kappa shape index (κ2) is 8.57. The first-order valence-electron chi connectivity index (χ1n) is 9.25. The van der Waals surface area contributed by atoms with Crippen LogP contribution in [-0.2, 0) is 21.4 Å². The van der Waals surface area contributed by atoms with E-state index in [2.05, 4.69) is 10.1 Å². The molecule has 10 heteroatoms. The van der Waals surface area contributed by atoms with E-state index in [4.69, 9.17) is 4.52 Å². The molecule has 0 N–H and O–H groups in total. The van der Waals surface area contributed by atoms with E-state index in [1.165, 1.54) is 16.2 Å². The second-order valence-electron chi connectivity index (χ2n) is 7.26. The number of aromatic nitrogens is 2. The predicted molar refractivity (Wildman–Crippen MR) is 117 cm³/mol. The molecule has 0 saturated heterocycles. The molecule has 160 valence electrons. The number of thiophene rings is 1. The van der Waals surface area contributed by atoms with Crippen LogP contribution in [0.4, 0.5) is 5.69 Å². The highest BCUT2D eigenvalue weighted by Crippen LogP contribution is 2.25. The summed E-state index contributed by atoms with van der Waals surface area (Å²) in [6.07, 6.45) is 1.10. The maximum Gasteiger partial charge on any atom is 0.246 e. The fraction of sp³-hybridized carbons (Fsp3) is 0.350. The fourth-order valence-electron chi connectivity index (χ4n) is 3.31. The van der Waals surface area contributed by atoms with Gasteiger partial charge >= 0.3 is 0 Å². The van der Waals surface area contributed by atoms with Gasteiger partial charge in [-0.25, -0.2) is 8.42 Å². The molecule has 8 nitrogen and oxygen atoms in total. The summed E-state index contributed by atoms with van der Waals surface area (Å²) in [6, 6.07) is 8.28. The number of rotatable bonds is 7. The number of nitrogens with zero attached hydrogens (tertiary/aromatic N) is 4. The highest BCUT2D eigenvalue weighted by molar-refractivity contribution is 7.92. The van der Waals surface area contributed by atoms with Crippen molar-refractivity contribution < 1.29 is 17.7 Å². The van der Waals surface area contributed by atoms with Crippen molar-refractivity contribution in [3.05, 3.63) is 52.7 Å². The third-order valence-corrected chi connectivity index (χ3v) is 6.59. The van der Waals surface area contributed by atoms with Crippen LogP contribution in [0.1, 0.15) is 23.9 Å². The molecular formula is C20H24N4O4S2. The van der Waals surface area contributed by atoms with Gasteiger partial charge in [-0.3, -0.25) is 9.10 Å². The zero-order chi connectivity index (χ0) is 22.1. The molecule has 30 heavy (non-hydrogen) atoms. The smallest absolute Gasteiger partial charge is 0.246 e. The largest absolute Gasteiger partial charge is 0.337 e. The summed E-state index contributed by atoms with van der Waals surface area (Å²) in [5, 5.41) is 5.85. The monoisotopic (exact) mass is 448 g/mol. The number of carbonyl (C=O) groups excluding carboxylic acids is 1. The molecule has 0 aliphatic rings. The summed E-state index contributed by atoms with van der Waals surface area (Å²) in [5.41, 5.74) is 2.29. The number of benzene rings is 1. The topological polar surface area (TPSA) is 96.6 Å². The Hall–Kier alpha value is -2.72. The maximum atomic E-state index is 13.0. The number of carbonyl (C=O) groups is 1. The molecule has 0 aliphatic heterocycles. The molecule has 0 radical (unpaired) electrons. The Balaban J connectivity index is 1.81. The Bertz CT molecular complexity index is 1120. The van der Waals surface area contributed by atoms with Crippen molar-refractivity contribution in [1.82, 2.24) is 15.0 Å². The number of aryl methyl sites for hydroxylation is 2. The molecule has 3 aromatic rings. The first-order chi connectivity index (χ1) is 14.1. The van der Waals surface area contributed by atoms with Gasteiger partial charge < -0.3 is 9.42 Å². The number of anilines is 1. The molecule has 2 heterocycles. The van der Waals surface area contributed by atoms with E-state index in [1.54, 1.807) is 26.1 Å². The molecule has 1 amide bonds. The Morgan fingerprint density at radius 3 is 2.47 bits per heavy atom. The minimum Gasteiger partial charge on any atom is -0.337 e. The van der Waals surface area contributed by atoms with Crippen molar-refractivity contribution in [2.45, 2.75) is 33.4 Å². The van der Waals surface area contributed by atoms with Gasteiger partial charge in [0.25, 0.3) is 0 Å². The molecule has 0 saturated carbocycles. The standard InChI is InChI=1S/C20H24N4O4S2/c1-13-9-14(2)11-16(10-13)24(30(5,26)27)15(3)20(25)23(4)12-18-21-19(22-28-18)17-7-6-8-29-17/h6-11,15H,12H2,1-5H3. The van der Waals surface area contributed by atoms with Crippen LogP contribution < -0.4 is 4.31 Å². The highest BCUT2D eigenvalue weighted by Gasteiger charge is 2.31. The van der Waals surface area contributed by atoms with Gasteiger partial charge in [0.05, 0.1) is 23.4 Å². The van der Waals surface area contributed by atoms with Gasteiger partial charge in [-0.2, -0.15) is 4.98 Å². The molecule has 0 bridgehead atoms. The van der Waals surface area contributed by atoms with Crippen LogP contribution in [-0.4, -0.2) is 48.7 Å². The van der Waals surface area contributed by atoms with E-state index < -0.39 is 16.1 Å². The Morgan fingerprint density at radius 1 is 1.23 bits per heavy atom. The number of hydrogen-bond donors (Lipinski definition) is 0. The highest BCUT2D eigenvalue weighted by atomic mass is 32.2. The van der Waals surface area contributed by atoms with Crippen LogP contribution in [0.15, 0.2) is 40.2 Å². The van der Waals surface area contributed by atoms with Crippen LogP contribution in [0, 0.1) is 13.8 Å². The van der Waals surface area contributed by atoms with Gasteiger partial charge in [0.1, 0.15) is 6.04 Å². The SMILES string of the molecule is Cc1cc(C)cc(N(C(C)C(=O)N(C)Cc2nc(-c3cccs3)no2)S(C)(=O)=O)c1. The lowest BCUT2D eigenvalue weighted by atomic mass is 10.1. The van der Waals surface area contributed by atoms with Crippen LogP contribution >= 0.6 is 11.3 Å². The summed E-state index contributed by atoms with van der Waals surface area (Å²) >= 11 is 1.49. The van der Waals surface area contributed by atoms with Gasteiger partial charge in [0, 0.05) is 7.05 Å². The van der Waals surface area contributed by atoms with E-state index in [1.807, 2.05) is 37.4 Å². The maximum absolute atomic E-state index is 13.0. The molecule has 1 aromatic carbocycles. The summed E-state index contributed by atoms with van der Waals surface area (Å²) < 4.78 is 31.5. The van der Waals surface area contributed by atoms with Crippen LogP contribution in [0.5, 0.6) is 0 Å². The zero-order valence-electron chi connectivity index (χ0n) is 17.5. The fourth-order valence-corrected chi connectivity index (χ4v) is 5.11. The van der Waals surface area contributed by atoms with E-state index in [0.29, 0.717) is 11.5 Å². The van der Waals surface area contributed by atoms with Crippen molar-refractivity contribution in [3.63, 3.8) is 0 Å². The molecule has 3 rings (SSSR count). The Labute approximate surface area is 180 Å². The lowest BCUT2D eigenvalue weighted by Gasteiger charge is -2.31. The van der Waals surface area contributed by atoms with Crippen molar-refractivity contribution in [2.24, 2.45) is 0 Å². The lowest BCUT2D eigenvalue weighted by molar-refractivity contribution is -0.131. The molecule has 0 fully saturated rings. The van der Waals surface area contributed by atoms with Crippen LogP contribution in [0.3, 0.4) is 0 Å². The summed E-state index contributed by atoms with van der Waals surface area (Å²) in [5.74, 6) is 0.358. The van der Waals surface area contributed by atoms with E-state index in [0.717, 1.165) is 26.6 Å². The summed E-state index contributed by atoms with van der Waals surface area (Å²) in [4.78, 5) is 19.6. The molecule has 1 unspecified atom stereocenters. The van der Waals surface area contributed by atoms with Crippen LogP contribution in [0.2, 0.25) is 0 Å². The molecule has 2 aromatic heterocycles. The van der Waals surface area contributed by atoms with E-state index in [-0.39, 0.29) is 18.3 Å².